The topological polar surface area (TPSA) is 70.1 Å². The SMILES string of the molecule is C.COc1cn(-c2ccccc2)nc1C(N)=O. The minimum absolute atomic E-state index is 0. The molecule has 5 nitrogen and oxygen atoms in total. The molecule has 0 fully saturated rings. The van der Waals surface area contributed by atoms with E-state index in [0.717, 1.165) is 5.69 Å². The molecule has 0 aliphatic carbocycles. The Balaban J connectivity index is 0.00000144. The quantitative estimate of drug-likeness (QED) is 0.875. The van der Waals surface area contributed by atoms with Crippen LogP contribution in [0, 0.1) is 0 Å². The zero-order valence-corrected chi connectivity index (χ0v) is 8.75. The van der Waals surface area contributed by atoms with Gasteiger partial charge >= 0.3 is 0 Å². The lowest BCUT2D eigenvalue weighted by Crippen LogP contribution is -2.13. The summed E-state index contributed by atoms with van der Waals surface area (Å²) in [7, 11) is 1.47. The number of primary amides is 1. The molecule has 2 N–H and O–H groups in total. The van der Waals surface area contributed by atoms with Gasteiger partial charge in [0.25, 0.3) is 5.91 Å². The van der Waals surface area contributed by atoms with E-state index in [9.17, 15) is 4.79 Å². The molecular weight excluding hydrogens is 218 g/mol. The van der Waals surface area contributed by atoms with Gasteiger partial charge in [0.2, 0.25) is 0 Å². The molecule has 0 saturated carbocycles. The zero-order valence-electron chi connectivity index (χ0n) is 8.75. The van der Waals surface area contributed by atoms with Crippen LogP contribution in [-0.4, -0.2) is 22.8 Å². The molecule has 17 heavy (non-hydrogen) atoms. The average molecular weight is 233 g/mol. The van der Waals surface area contributed by atoms with Crippen molar-refractivity contribution >= 4 is 5.91 Å². The summed E-state index contributed by atoms with van der Waals surface area (Å²) in [4.78, 5) is 11.1. The van der Waals surface area contributed by atoms with Crippen molar-refractivity contribution in [1.82, 2.24) is 9.78 Å². The van der Waals surface area contributed by atoms with Gasteiger partial charge in [0.1, 0.15) is 0 Å². The fraction of sp³-hybridized carbons (Fsp3) is 0.167. The highest BCUT2D eigenvalue weighted by Gasteiger charge is 2.14. The molecular formula is C12H15N3O2. The Hall–Kier alpha value is -2.30. The minimum Gasteiger partial charge on any atom is -0.493 e. The Labute approximate surface area is 99.8 Å². The second-order valence-electron chi connectivity index (χ2n) is 3.19. The molecule has 5 heteroatoms. The number of benzene rings is 1. The second-order valence-corrected chi connectivity index (χ2v) is 3.19. The van der Waals surface area contributed by atoms with Crippen LogP contribution in [0.4, 0.5) is 0 Å². The predicted molar refractivity (Wildman–Crippen MR) is 65.4 cm³/mol. The predicted octanol–water partition coefficient (Wildman–Crippen LogP) is 1.62. The number of carbonyl (C=O) groups is 1. The van der Waals surface area contributed by atoms with Crippen molar-refractivity contribution < 1.29 is 9.53 Å². The van der Waals surface area contributed by atoms with Gasteiger partial charge in [-0.15, -0.1) is 0 Å². The van der Waals surface area contributed by atoms with Crippen LogP contribution in [0.15, 0.2) is 36.5 Å². The van der Waals surface area contributed by atoms with Gasteiger partial charge in [-0.3, -0.25) is 4.79 Å². The van der Waals surface area contributed by atoms with Crippen molar-refractivity contribution in [1.29, 1.82) is 0 Å². The van der Waals surface area contributed by atoms with E-state index >= 15 is 0 Å². The van der Waals surface area contributed by atoms with E-state index in [0.29, 0.717) is 5.75 Å². The molecule has 0 saturated heterocycles. The van der Waals surface area contributed by atoms with Crippen LogP contribution in [-0.2, 0) is 0 Å². The van der Waals surface area contributed by atoms with Crippen molar-refractivity contribution in [3.05, 3.63) is 42.2 Å². The largest absolute Gasteiger partial charge is 0.493 e. The maximum atomic E-state index is 11.1. The monoisotopic (exact) mass is 233 g/mol. The molecule has 0 aliphatic heterocycles. The third-order valence-corrected chi connectivity index (χ3v) is 2.15. The fourth-order valence-electron chi connectivity index (χ4n) is 1.39. The molecule has 2 aromatic rings. The average Bonchev–Trinajstić information content (AvgIpc) is 2.74. The van der Waals surface area contributed by atoms with E-state index in [1.54, 1.807) is 10.9 Å². The molecule has 0 radical (unpaired) electrons. The van der Waals surface area contributed by atoms with E-state index in [1.165, 1.54) is 7.11 Å². The summed E-state index contributed by atoms with van der Waals surface area (Å²) >= 11 is 0. The van der Waals surface area contributed by atoms with Crippen LogP contribution in [0.1, 0.15) is 17.9 Å². The Bertz CT molecular complexity index is 506. The molecule has 1 aromatic carbocycles. The minimum atomic E-state index is -0.605. The van der Waals surface area contributed by atoms with Gasteiger partial charge in [0.05, 0.1) is 19.0 Å². The van der Waals surface area contributed by atoms with Gasteiger partial charge in [-0.25, -0.2) is 4.68 Å². The maximum Gasteiger partial charge on any atom is 0.273 e. The fourth-order valence-corrected chi connectivity index (χ4v) is 1.39. The van der Waals surface area contributed by atoms with E-state index < -0.39 is 5.91 Å². The number of aromatic nitrogens is 2. The first-order valence-corrected chi connectivity index (χ1v) is 4.71. The highest BCUT2D eigenvalue weighted by Crippen LogP contribution is 2.18. The van der Waals surface area contributed by atoms with Gasteiger partial charge in [0, 0.05) is 0 Å². The summed E-state index contributed by atoms with van der Waals surface area (Å²) in [6.45, 7) is 0. The molecule has 0 atom stereocenters. The summed E-state index contributed by atoms with van der Waals surface area (Å²) in [5.41, 5.74) is 6.16. The first kappa shape index (κ1) is 12.8. The number of hydrogen-bond acceptors (Lipinski definition) is 3. The molecule has 1 heterocycles. The van der Waals surface area contributed by atoms with Gasteiger partial charge in [-0.05, 0) is 12.1 Å². The summed E-state index contributed by atoms with van der Waals surface area (Å²) in [6.07, 6.45) is 1.62. The van der Waals surface area contributed by atoms with Gasteiger partial charge in [0.15, 0.2) is 11.4 Å². The Kier molecular flexibility index (Phi) is 3.87. The first-order valence-electron chi connectivity index (χ1n) is 4.71. The molecule has 2 rings (SSSR count). The molecule has 90 valence electrons. The molecule has 0 bridgehead atoms. The Morgan fingerprint density at radius 1 is 1.35 bits per heavy atom. The number of methoxy groups -OCH3 is 1. The lowest BCUT2D eigenvalue weighted by Gasteiger charge is -1.98. The normalized spacial score (nSPS) is 9.47. The molecule has 1 amide bonds. The highest BCUT2D eigenvalue weighted by molar-refractivity contribution is 5.93. The maximum absolute atomic E-state index is 11.1. The van der Waals surface area contributed by atoms with Crippen molar-refractivity contribution in [2.75, 3.05) is 7.11 Å². The number of carbonyl (C=O) groups excluding carboxylic acids is 1. The third kappa shape index (κ3) is 2.44. The van der Waals surface area contributed by atoms with Crippen LogP contribution in [0.25, 0.3) is 5.69 Å². The lowest BCUT2D eigenvalue weighted by atomic mass is 10.3. The number of ether oxygens (including phenoxy) is 1. The number of rotatable bonds is 3. The smallest absolute Gasteiger partial charge is 0.273 e. The Morgan fingerprint density at radius 3 is 2.47 bits per heavy atom. The number of nitrogens with zero attached hydrogens (tertiary/aromatic N) is 2. The van der Waals surface area contributed by atoms with Crippen LogP contribution >= 0.6 is 0 Å². The number of hydrogen-bond donors (Lipinski definition) is 1. The van der Waals surface area contributed by atoms with Crippen molar-refractivity contribution in [2.24, 2.45) is 5.73 Å². The summed E-state index contributed by atoms with van der Waals surface area (Å²) in [5.74, 6) is -0.233. The molecule has 1 aromatic heterocycles. The zero-order chi connectivity index (χ0) is 11.5. The molecule has 0 aliphatic rings. The van der Waals surface area contributed by atoms with E-state index in [-0.39, 0.29) is 13.1 Å². The lowest BCUT2D eigenvalue weighted by molar-refractivity contribution is 0.0992. The van der Waals surface area contributed by atoms with E-state index in [1.807, 2.05) is 30.3 Å². The first-order chi connectivity index (χ1) is 7.72. The summed E-state index contributed by atoms with van der Waals surface area (Å²) < 4.78 is 6.58. The van der Waals surface area contributed by atoms with Crippen molar-refractivity contribution in [3.63, 3.8) is 0 Å². The number of para-hydroxylation sites is 1. The third-order valence-electron chi connectivity index (χ3n) is 2.15. The van der Waals surface area contributed by atoms with Gasteiger partial charge in [-0.2, -0.15) is 5.10 Å². The van der Waals surface area contributed by atoms with Crippen molar-refractivity contribution in [2.45, 2.75) is 7.43 Å². The van der Waals surface area contributed by atoms with Crippen LogP contribution < -0.4 is 10.5 Å². The molecule has 0 unspecified atom stereocenters. The van der Waals surface area contributed by atoms with Crippen molar-refractivity contribution in [3.8, 4) is 11.4 Å². The van der Waals surface area contributed by atoms with Crippen LogP contribution in [0.5, 0.6) is 5.75 Å². The highest BCUT2D eigenvalue weighted by atomic mass is 16.5. The van der Waals surface area contributed by atoms with Gasteiger partial charge < -0.3 is 10.5 Å². The molecule has 0 spiro atoms. The summed E-state index contributed by atoms with van der Waals surface area (Å²) in [5, 5.41) is 4.07. The van der Waals surface area contributed by atoms with E-state index in [4.69, 9.17) is 10.5 Å². The standard InChI is InChI=1S/C11H11N3O2.CH4/c1-16-9-7-14(13-10(9)11(12)15)8-5-3-2-4-6-8;/h2-7H,1H3,(H2,12,15);1H4. The van der Waals surface area contributed by atoms with Crippen LogP contribution in [0.3, 0.4) is 0 Å². The number of nitrogens with two attached hydrogens (primary N) is 1. The number of amides is 1. The Morgan fingerprint density at radius 2 is 2.00 bits per heavy atom. The summed E-state index contributed by atoms with van der Waals surface area (Å²) in [6, 6.07) is 9.41. The van der Waals surface area contributed by atoms with Gasteiger partial charge in [-0.1, -0.05) is 25.6 Å². The van der Waals surface area contributed by atoms with E-state index in [2.05, 4.69) is 5.10 Å². The van der Waals surface area contributed by atoms with Crippen LogP contribution in [0.2, 0.25) is 0 Å². The second kappa shape index (κ2) is 5.16.